The highest BCUT2D eigenvalue weighted by Crippen LogP contribution is 2.42. The second-order valence-electron chi connectivity index (χ2n) is 15.2. The monoisotopic (exact) mass is 797 g/mol. The maximum atomic E-state index is 9.78. The highest BCUT2D eigenvalue weighted by molar-refractivity contribution is 6.23. The Kier molecular flexibility index (Phi) is 7.05. The van der Waals surface area contributed by atoms with E-state index >= 15 is 0 Å². The Morgan fingerprint density at radius 3 is 1.35 bits per heavy atom. The predicted octanol–water partition coefficient (Wildman–Crippen LogP) is 14.4. The molecule has 0 radical (unpaired) electrons. The molecule has 9 aromatic carbocycles. The Hall–Kier alpha value is -8.41. The first-order chi connectivity index (χ1) is 33.2. The van der Waals surface area contributed by atoms with Crippen LogP contribution in [-0.4, -0.2) is 24.1 Å². The first-order valence-electron chi connectivity index (χ1n) is 23.4. The normalized spacial score (nSPS) is 12.9. The Labute approximate surface area is 366 Å². The van der Waals surface area contributed by atoms with Gasteiger partial charge in [0, 0.05) is 38.4 Å². The molecule has 0 spiro atoms. The highest BCUT2D eigenvalue weighted by Gasteiger charge is 2.24. The molecule has 0 saturated heterocycles. The van der Waals surface area contributed by atoms with Gasteiger partial charge in [-0.2, -0.15) is 9.97 Å². The minimum atomic E-state index is -0.123. The fourth-order valence-corrected chi connectivity index (χ4v) is 8.61. The second kappa shape index (κ2) is 14.7. The molecular weight excluding hydrogens is 755 g/mol. The summed E-state index contributed by atoms with van der Waals surface area (Å²) in [7, 11) is 0. The van der Waals surface area contributed by atoms with Crippen molar-refractivity contribution in [2.75, 3.05) is 0 Å². The molecule has 12 aromatic rings. The summed E-state index contributed by atoms with van der Waals surface area (Å²) in [5.74, 6) is 0.925. The van der Waals surface area contributed by atoms with Crippen molar-refractivity contribution in [3.05, 3.63) is 224 Å². The molecule has 0 fully saturated rings. The maximum absolute atomic E-state index is 9.78. The lowest BCUT2D eigenvalue weighted by Gasteiger charge is -2.14. The quantitative estimate of drug-likeness (QED) is 0.161. The highest BCUT2D eigenvalue weighted by atomic mass is 15.2. The molecule has 0 aliphatic carbocycles. The van der Waals surface area contributed by atoms with E-state index in [0.717, 1.165) is 44.5 Å². The van der Waals surface area contributed by atoms with Gasteiger partial charge in [0.1, 0.15) is 0 Å². The van der Waals surface area contributed by atoms with Crippen molar-refractivity contribution in [1.82, 2.24) is 24.1 Å². The number of benzene rings is 9. The lowest BCUT2D eigenvalue weighted by atomic mass is 9.99. The van der Waals surface area contributed by atoms with E-state index in [2.05, 4.69) is 48.5 Å². The fourth-order valence-electron chi connectivity index (χ4n) is 8.61. The third kappa shape index (κ3) is 5.98. The van der Waals surface area contributed by atoms with Gasteiger partial charge in [0.25, 0.3) is 0 Å². The molecule has 0 atom stereocenters. The minimum absolute atomic E-state index is 0.00894. The van der Waals surface area contributed by atoms with Crippen molar-refractivity contribution < 1.29 is 8.22 Å². The summed E-state index contributed by atoms with van der Waals surface area (Å²) in [4.78, 5) is 15.5. The summed E-state index contributed by atoms with van der Waals surface area (Å²) in [6.07, 6.45) is 0. The third-order valence-electron chi connectivity index (χ3n) is 11.5. The molecule has 0 unspecified atom stereocenters. The van der Waals surface area contributed by atoms with Crippen LogP contribution >= 0.6 is 0 Å². The smallest absolute Gasteiger partial charge is 0.238 e. The van der Waals surface area contributed by atoms with Crippen LogP contribution in [0.4, 0.5) is 0 Å². The number of aromatic nitrogens is 5. The summed E-state index contributed by atoms with van der Waals surface area (Å²) in [6.45, 7) is 0. The number of rotatable bonds is 7. The lowest BCUT2D eigenvalue weighted by Crippen LogP contribution is -2.07. The van der Waals surface area contributed by atoms with Crippen molar-refractivity contribution in [2.45, 2.75) is 0 Å². The van der Waals surface area contributed by atoms with Gasteiger partial charge in [-0.15, -0.1) is 0 Å². The molecule has 3 heterocycles. The van der Waals surface area contributed by atoms with E-state index in [0.29, 0.717) is 60.9 Å². The zero-order valence-electron chi connectivity index (χ0n) is 39.1. The Balaban J connectivity index is 1.21. The van der Waals surface area contributed by atoms with Gasteiger partial charge < -0.3 is 4.57 Å². The van der Waals surface area contributed by atoms with Crippen LogP contribution in [0.25, 0.3) is 111 Å². The summed E-state index contributed by atoms with van der Waals surface area (Å²) in [5.41, 5.74) is 9.90. The van der Waals surface area contributed by atoms with Crippen molar-refractivity contribution in [1.29, 1.82) is 0 Å². The number of hydrogen-bond acceptors (Lipinski definition) is 3. The molecule has 0 N–H and O–H groups in total. The lowest BCUT2D eigenvalue weighted by molar-refractivity contribution is 0.953. The van der Waals surface area contributed by atoms with Crippen LogP contribution in [0.3, 0.4) is 0 Å². The van der Waals surface area contributed by atoms with E-state index in [1.807, 2.05) is 120 Å². The van der Waals surface area contributed by atoms with Gasteiger partial charge in [0.05, 0.1) is 30.3 Å². The molecule has 0 amide bonds. The predicted molar refractivity (Wildman–Crippen MR) is 256 cm³/mol. The van der Waals surface area contributed by atoms with Crippen LogP contribution in [0.1, 0.15) is 8.22 Å². The van der Waals surface area contributed by atoms with Gasteiger partial charge in [0.15, 0.2) is 11.6 Å². The van der Waals surface area contributed by atoms with Crippen molar-refractivity contribution in [3.8, 4) is 67.8 Å². The standard InChI is InChI=1S/C57H37N5/c1-4-17-38(18-5-1)41-23-14-25-43(35-41)44-26-16-28-46(37-44)61-51-31-12-10-29-47(51)49-33-34-50-48-30-11-13-32-52(48)62(54(50)53(49)61)57-59-55(40-21-8-3-9-22-40)58-56(60-57)45-27-15-24-42(36-45)39-19-6-2-7-20-39/h1-37H/i10D,11D,31D,32D,33D,34D. The second-order valence-corrected chi connectivity index (χ2v) is 15.2. The zero-order chi connectivity index (χ0) is 46.2. The number of fused-ring (bicyclic) bond motifs is 7. The molecule has 5 nitrogen and oxygen atoms in total. The van der Waals surface area contributed by atoms with Crippen LogP contribution in [0.15, 0.2) is 224 Å². The van der Waals surface area contributed by atoms with Gasteiger partial charge in [0.2, 0.25) is 5.95 Å². The average Bonchev–Trinajstić information content (AvgIpc) is 3.90. The first-order valence-corrected chi connectivity index (χ1v) is 20.4. The van der Waals surface area contributed by atoms with Crippen LogP contribution < -0.4 is 0 Å². The topological polar surface area (TPSA) is 48.5 Å². The third-order valence-corrected chi connectivity index (χ3v) is 11.5. The van der Waals surface area contributed by atoms with Gasteiger partial charge in [-0.25, -0.2) is 4.98 Å². The van der Waals surface area contributed by atoms with E-state index in [4.69, 9.17) is 17.7 Å². The van der Waals surface area contributed by atoms with Crippen LogP contribution in [0, 0.1) is 0 Å². The van der Waals surface area contributed by atoms with Gasteiger partial charge in [-0.1, -0.05) is 188 Å². The van der Waals surface area contributed by atoms with Crippen LogP contribution in [0.2, 0.25) is 0 Å². The number of para-hydroxylation sites is 2. The Morgan fingerprint density at radius 1 is 0.323 bits per heavy atom. The van der Waals surface area contributed by atoms with E-state index < -0.39 is 0 Å². The SMILES string of the molecule is [2H]c1cc([2H])c2c(c1)c1c([2H])c([2H])c3c4cc([2H])cc([2H])c4n(-c4nc(-c5ccccc5)nc(-c5cccc(-c6ccccc6)c5)n4)c3c1n2-c1cccc(-c2cccc(-c3ccccc3)c2)c1. The average molecular weight is 798 g/mol. The molecule has 0 aliphatic heterocycles. The van der Waals surface area contributed by atoms with Crippen molar-refractivity contribution >= 4 is 43.6 Å². The molecule has 0 aliphatic rings. The Morgan fingerprint density at radius 2 is 0.758 bits per heavy atom. The van der Waals surface area contributed by atoms with Crippen LogP contribution in [0.5, 0.6) is 0 Å². The number of hydrogen-bond donors (Lipinski definition) is 0. The molecule has 0 bridgehead atoms. The van der Waals surface area contributed by atoms with E-state index in [-0.39, 0.29) is 42.2 Å². The fraction of sp³-hybridized carbons (Fsp3) is 0. The van der Waals surface area contributed by atoms with Crippen LogP contribution in [-0.2, 0) is 0 Å². The summed E-state index contributed by atoms with van der Waals surface area (Å²) >= 11 is 0. The van der Waals surface area contributed by atoms with Crippen molar-refractivity contribution in [2.24, 2.45) is 0 Å². The van der Waals surface area contributed by atoms with Gasteiger partial charge in [-0.05, 0) is 69.7 Å². The first kappa shape index (κ1) is 29.7. The number of nitrogens with zero attached hydrogens (tertiary/aromatic N) is 5. The zero-order valence-corrected chi connectivity index (χ0v) is 33.1. The molecule has 12 rings (SSSR count). The molecule has 0 saturated carbocycles. The maximum Gasteiger partial charge on any atom is 0.238 e. The van der Waals surface area contributed by atoms with Gasteiger partial charge in [-0.3, -0.25) is 4.57 Å². The molecule has 3 aromatic heterocycles. The molecule has 5 heteroatoms. The molecule has 62 heavy (non-hydrogen) atoms. The summed E-state index contributed by atoms with van der Waals surface area (Å²) < 4.78 is 59.9. The summed E-state index contributed by atoms with van der Waals surface area (Å²) in [5, 5.41) is 1.59. The van der Waals surface area contributed by atoms with E-state index in [1.54, 1.807) is 16.7 Å². The van der Waals surface area contributed by atoms with E-state index in [1.165, 1.54) is 12.1 Å². The minimum Gasteiger partial charge on any atom is -0.307 e. The molecule has 290 valence electrons. The summed E-state index contributed by atoms with van der Waals surface area (Å²) in [6, 6.07) is 60.5. The van der Waals surface area contributed by atoms with Crippen molar-refractivity contribution in [3.63, 3.8) is 0 Å². The van der Waals surface area contributed by atoms with E-state index in [9.17, 15) is 5.48 Å². The largest absolute Gasteiger partial charge is 0.307 e. The molecular formula is C57H37N5. The Bertz CT molecular complexity index is 3980. The van der Waals surface area contributed by atoms with Gasteiger partial charge >= 0.3 is 0 Å².